The average Bonchev–Trinajstić information content (AvgIpc) is 2.92. The number of nitrogens with one attached hydrogen (secondary N) is 1. The molecule has 9 heteroatoms. The summed E-state index contributed by atoms with van der Waals surface area (Å²) in [6.45, 7) is 4.39. The van der Waals surface area contributed by atoms with Crippen molar-refractivity contribution in [2.45, 2.75) is 26.1 Å². The number of anilines is 1. The van der Waals surface area contributed by atoms with Gasteiger partial charge in [-0.05, 0) is 31.2 Å². The number of nitrogens with zero attached hydrogens (tertiary/aromatic N) is 2. The highest BCUT2D eigenvalue weighted by atomic mass is 32.1. The maximum absolute atomic E-state index is 12.1. The average molecular weight is 358 g/mol. The van der Waals surface area contributed by atoms with E-state index in [0.29, 0.717) is 12.2 Å². The van der Waals surface area contributed by atoms with E-state index in [9.17, 15) is 13.2 Å². The molecule has 24 heavy (non-hydrogen) atoms. The number of hydrogen-bond acceptors (Lipinski definition) is 4. The smallest absolute Gasteiger partial charge is 0.406 e. The van der Waals surface area contributed by atoms with Crippen LogP contribution < -0.4 is 15.8 Å². The van der Waals surface area contributed by atoms with Gasteiger partial charge in [-0.1, -0.05) is 6.92 Å². The number of guanidine groups is 1. The van der Waals surface area contributed by atoms with Crippen molar-refractivity contribution in [2.75, 3.05) is 11.9 Å². The molecule has 0 aliphatic rings. The van der Waals surface area contributed by atoms with Crippen LogP contribution in [0, 0.1) is 6.92 Å². The summed E-state index contributed by atoms with van der Waals surface area (Å²) in [4.78, 5) is 8.62. The highest BCUT2D eigenvalue weighted by Gasteiger charge is 2.30. The monoisotopic (exact) mass is 358 g/mol. The number of aromatic nitrogens is 1. The number of rotatable bonds is 5. The van der Waals surface area contributed by atoms with Gasteiger partial charge in [-0.15, -0.1) is 24.5 Å². The van der Waals surface area contributed by atoms with E-state index in [0.717, 1.165) is 10.7 Å². The van der Waals surface area contributed by atoms with Gasteiger partial charge in [0.15, 0.2) is 5.96 Å². The molecule has 1 aromatic carbocycles. The van der Waals surface area contributed by atoms with E-state index in [1.54, 1.807) is 11.3 Å². The van der Waals surface area contributed by atoms with Crippen LogP contribution in [0.25, 0.3) is 0 Å². The van der Waals surface area contributed by atoms with Gasteiger partial charge < -0.3 is 15.8 Å². The van der Waals surface area contributed by atoms with Crippen LogP contribution >= 0.6 is 11.3 Å². The van der Waals surface area contributed by atoms with Crippen molar-refractivity contribution in [3.05, 3.63) is 40.3 Å². The minimum absolute atomic E-state index is 0.131. The van der Waals surface area contributed by atoms with E-state index in [1.165, 1.54) is 24.3 Å². The number of thiazole rings is 1. The maximum Gasteiger partial charge on any atom is 0.573 e. The lowest BCUT2D eigenvalue weighted by molar-refractivity contribution is -0.274. The number of nitrogens with two attached hydrogens (primary N) is 1. The number of hydrogen-bond donors (Lipinski definition) is 2. The molecule has 2 rings (SSSR count). The van der Waals surface area contributed by atoms with E-state index < -0.39 is 6.36 Å². The molecule has 0 bridgehead atoms. The highest BCUT2D eigenvalue weighted by molar-refractivity contribution is 7.09. The zero-order valence-electron chi connectivity index (χ0n) is 13.1. The predicted octanol–water partition coefficient (Wildman–Crippen LogP) is 3.88. The summed E-state index contributed by atoms with van der Waals surface area (Å²) in [5.74, 6) is 0.0163. The van der Waals surface area contributed by atoms with Crippen LogP contribution in [0.2, 0.25) is 0 Å². The fourth-order valence-electron chi connectivity index (χ4n) is 1.84. The van der Waals surface area contributed by atoms with Gasteiger partial charge in [0.05, 0.1) is 11.6 Å². The Morgan fingerprint density at radius 3 is 2.58 bits per heavy atom. The standard InChI is InChI=1S/C15H17F3N4OS/c1-9(13-21-10(2)8-24-13)7-20-14(19)22-11-3-5-12(6-4-11)23-15(16,17)18/h3-6,8-9H,7H2,1-2H3,(H3,19,20,22). The van der Waals surface area contributed by atoms with E-state index in [2.05, 4.69) is 20.0 Å². The van der Waals surface area contributed by atoms with Gasteiger partial charge in [0.1, 0.15) is 5.75 Å². The van der Waals surface area contributed by atoms with Crippen molar-refractivity contribution in [1.82, 2.24) is 4.98 Å². The lowest BCUT2D eigenvalue weighted by Gasteiger charge is -2.10. The van der Waals surface area contributed by atoms with Crippen molar-refractivity contribution in [2.24, 2.45) is 10.7 Å². The van der Waals surface area contributed by atoms with Crippen molar-refractivity contribution in [1.29, 1.82) is 0 Å². The quantitative estimate of drug-likeness (QED) is 0.628. The molecule has 0 amide bonds. The second-order valence-corrected chi connectivity index (χ2v) is 6.04. The maximum atomic E-state index is 12.1. The SMILES string of the molecule is Cc1csc(C(C)CN=C(N)Nc2ccc(OC(F)(F)F)cc2)n1. The molecule has 0 aliphatic carbocycles. The van der Waals surface area contributed by atoms with Crippen LogP contribution in [-0.4, -0.2) is 23.9 Å². The van der Waals surface area contributed by atoms with Crippen LogP contribution in [-0.2, 0) is 0 Å². The van der Waals surface area contributed by atoms with Crippen LogP contribution in [0.15, 0.2) is 34.6 Å². The lowest BCUT2D eigenvalue weighted by atomic mass is 10.2. The first-order valence-electron chi connectivity index (χ1n) is 7.08. The van der Waals surface area contributed by atoms with Crippen LogP contribution in [0.1, 0.15) is 23.5 Å². The third-order valence-electron chi connectivity index (χ3n) is 2.95. The van der Waals surface area contributed by atoms with Gasteiger partial charge in [0, 0.05) is 22.7 Å². The lowest BCUT2D eigenvalue weighted by Crippen LogP contribution is -2.23. The summed E-state index contributed by atoms with van der Waals surface area (Å²) in [7, 11) is 0. The van der Waals surface area contributed by atoms with E-state index >= 15 is 0 Å². The molecule has 0 radical (unpaired) electrons. The summed E-state index contributed by atoms with van der Waals surface area (Å²) in [6, 6.07) is 5.25. The molecule has 0 saturated heterocycles. The fourth-order valence-corrected chi connectivity index (χ4v) is 2.69. The first-order chi connectivity index (χ1) is 11.2. The summed E-state index contributed by atoms with van der Waals surface area (Å²) in [5, 5.41) is 5.78. The molecule has 130 valence electrons. The Balaban J connectivity index is 1.90. The topological polar surface area (TPSA) is 72.5 Å². The predicted molar refractivity (Wildman–Crippen MR) is 88.5 cm³/mol. The first-order valence-corrected chi connectivity index (χ1v) is 7.95. The summed E-state index contributed by atoms with van der Waals surface area (Å²) in [5.41, 5.74) is 7.28. The molecule has 0 spiro atoms. The van der Waals surface area contributed by atoms with Crippen molar-refractivity contribution in [3.63, 3.8) is 0 Å². The molecule has 2 aromatic rings. The van der Waals surface area contributed by atoms with Gasteiger partial charge >= 0.3 is 6.36 Å². The van der Waals surface area contributed by atoms with Crippen molar-refractivity contribution < 1.29 is 17.9 Å². The van der Waals surface area contributed by atoms with Crippen LogP contribution in [0.3, 0.4) is 0 Å². The Bertz CT molecular complexity index is 697. The normalized spacial score (nSPS) is 13.6. The zero-order chi connectivity index (χ0) is 17.7. The van der Waals surface area contributed by atoms with E-state index in [4.69, 9.17) is 5.73 Å². The molecule has 5 nitrogen and oxygen atoms in total. The summed E-state index contributed by atoms with van der Waals surface area (Å²) >= 11 is 1.57. The number of aryl methyl sites for hydroxylation is 1. The number of ether oxygens (including phenoxy) is 1. The fraction of sp³-hybridized carbons (Fsp3) is 0.333. The minimum atomic E-state index is -4.71. The minimum Gasteiger partial charge on any atom is -0.406 e. The molecule has 3 N–H and O–H groups in total. The molecule has 0 saturated carbocycles. The summed E-state index contributed by atoms with van der Waals surface area (Å²) < 4.78 is 40.1. The zero-order valence-corrected chi connectivity index (χ0v) is 13.9. The Labute approximate surface area is 141 Å². The largest absolute Gasteiger partial charge is 0.573 e. The molecule has 0 aliphatic heterocycles. The Morgan fingerprint density at radius 2 is 2.04 bits per heavy atom. The molecular weight excluding hydrogens is 341 g/mol. The third-order valence-corrected chi connectivity index (χ3v) is 4.15. The van der Waals surface area contributed by atoms with Gasteiger partial charge in [-0.2, -0.15) is 0 Å². The molecule has 1 unspecified atom stereocenters. The Kier molecular flexibility index (Phi) is 5.66. The number of benzene rings is 1. The van der Waals surface area contributed by atoms with Crippen LogP contribution in [0.4, 0.5) is 18.9 Å². The van der Waals surface area contributed by atoms with Gasteiger partial charge in [0.2, 0.25) is 0 Å². The van der Waals surface area contributed by atoms with Gasteiger partial charge in [-0.25, -0.2) is 4.98 Å². The van der Waals surface area contributed by atoms with Crippen molar-refractivity contribution in [3.8, 4) is 5.75 Å². The van der Waals surface area contributed by atoms with Crippen molar-refractivity contribution >= 4 is 23.0 Å². The van der Waals surface area contributed by atoms with Gasteiger partial charge in [0.25, 0.3) is 0 Å². The molecule has 1 heterocycles. The number of alkyl halides is 3. The Morgan fingerprint density at radius 1 is 1.38 bits per heavy atom. The number of halogens is 3. The first kappa shape index (κ1) is 18.1. The van der Waals surface area contributed by atoms with Crippen LogP contribution in [0.5, 0.6) is 5.75 Å². The van der Waals surface area contributed by atoms with E-state index in [-0.39, 0.29) is 17.6 Å². The second kappa shape index (κ2) is 7.52. The molecule has 1 atom stereocenters. The van der Waals surface area contributed by atoms with Gasteiger partial charge in [-0.3, -0.25) is 4.99 Å². The molecular formula is C15H17F3N4OS. The second-order valence-electron chi connectivity index (χ2n) is 5.15. The van der Waals surface area contributed by atoms with E-state index in [1.807, 2.05) is 19.2 Å². The molecule has 0 fully saturated rings. The highest BCUT2D eigenvalue weighted by Crippen LogP contribution is 2.24. The number of aliphatic imine (C=N–C) groups is 1. The summed E-state index contributed by atoms with van der Waals surface area (Å²) in [6.07, 6.45) is -4.71. The molecule has 1 aromatic heterocycles. The Hall–Kier alpha value is -2.29. The third kappa shape index (κ3) is 5.73.